The van der Waals surface area contributed by atoms with Gasteiger partial charge in [0.25, 0.3) is 0 Å². The van der Waals surface area contributed by atoms with Gasteiger partial charge < -0.3 is 14.5 Å². The van der Waals surface area contributed by atoms with Crippen LogP contribution in [0.4, 0.5) is 11.4 Å². The fourth-order valence-electron chi connectivity index (χ4n) is 10.5. The summed E-state index contributed by atoms with van der Waals surface area (Å²) in [6.07, 6.45) is 6.43. The molecule has 0 radical (unpaired) electrons. The number of hydrogen-bond acceptors (Lipinski definition) is 4. The van der Waals surface area contributed by atoms with Crippen LogP contribution in [0.25, 0.3) is 38.8 Å². The van der Waals surface area contributed by atoms with Crippen molar-refractivity contribution >= 4 is 33.2 Å². The monoisotopic (exact) mass is 969 g/mol. The van der Waals surface area contributed by atoms with Gasteiger partial charge in [-0.3, -0.25) is 4.57 Å². The van der Waals surface area contributed by atoms with Gasteiger partial charge in [-0.1, -0.05) is 178 Å². The summed E-state index contributed by atoms with van der Waals surface area (Å²) >= 11 is 0. The maximum absolute atomic E-state index is 7.07. The van der Waals surface area contributed by atoms with Crippen molar-refractivity contribution in [2.45, 2.75) is 157 Å². The molecule has 0 aliphatic carbocycles. The largest absolute Gasteiger partial charge is 0.457 e. The van der Waals surface area contributed by atoms with Crippen molar-refractivity contribution in [3.63, 3.8) is 0 Å². The first kappa shape index (κ1) is 51.3. The molecule has 1 aliphatic heterocycles. The number of hydrogen-bond donors (Lipinski definition) is 0. The van der Waals surface area contributed by atoms with E-state index in [-0.39, 0.29) is 21.7 Å². The van der Waals surface area contributed by atoms with E-state index in [1.165, 1.54) is 66.7 Å². The minimum atomic E-state index is -0.236. The van der Waals surface area contributed by atoms with Crippen molar-refractivity contribution < 1.29 is 4.74 Å². The van der Waals surface area contributed by atoms with Crippen molar-refractivity contribution in [3.05, 3.63) is 190 Å². The lowest BCUT2D eigenvalue weighted by Crippen LogP contribution is -2.26. The van der Waals surface area contributed by atoms with Gasteiger partial charge in [0.05, 0.1) is 17.7 Å². The normalized spacial score (nSPS) is 13.8. The SMILES string of the molecule is CC(C)c1cc(C(C)C)c(-c2ccnc(-n3c4cc(Oc5cc(N6C=CN(c7cc(C(C)(C)C)cc(C(C)(C)C)c7)C6)cc(C(C)(C)C)c5)ccc4c4ccc(C(C)(C)c5ccccc5)cc43)c2)c(C(C)C)c1. The fourth-order valence-corrected chi connectivity index (χ4v) is 10.5. The predicted molar refractivity (Wildman–Crippen MR) is 313 cm³/mol. The molecule has 73 heavy (non-hydrogen) atoms. The molecule has 0 atom stereocenters. The van der Waals surface area contributed by atoms with Crippen LogP contribution in [-0.2, 0) is 21.7 Å². The zero-order chi connectivity index (χ0) is 52.5. The smallest absolute Gasteiger partial charge is 0.138 e. The van der Waals surface area contributed by atoms with Gasteiger partial charge in [-0.2, -0.15) is 0 Å². The highest BCUT2D eigenvalue weighted by molar-refractivity contribution is 6.10. The molecule has 0 saturated carbocycles. The van der Waals surface area contributed by atoms with E-state index in [0.29, 0.717) is 24.4 Å². The van der Waals surface area contributed by atoms with Crippen LogP contribution in [0.2, 0.25) is 0 Å². The minimum absolute atomic E-state index is 0.0295. The highest BCUT2D eigenvalue weighted by Crippen LogP contribution is 2.44. The van der Waals surface area contributed by atoms with Gasteiger partial charge >= 0.3 is 0 Å². The van der Waals surface area contributed by atoms with Crippen molar-refractivity contribution in [1.29, 1.82) is 0 Å². The number of rotatable bonds is 11. The number of benzene rings is 6. The Kier molecular flexibility index (Phi) is 13.4. The Morgan fingerprint density at radius 3 is 1.55 bits per heavy atom. The molecular formula is C68H80N4O. The van der Waals surface area contributed by atoms with Gasteiger partial charge in [0, 0.05) is 58.3 Å². The number of nitrogens with zero attached hydrogens (tertiary/aromatic N) is 4. The second-order valence-corrected chi connectivity index (χ2v) is 25.4. The number of ether oxygens (including phenoxy) is 1. The van der Waals surface area contributed by atoms with E-state index in [0.717, 1.165) is 39.4 Å². The van der Waals surface area contributed by atoms with Crippen molar-refractivity contribution in [2.24, 2.45) is 0 Å². The summed E-state index contributed by atoms with van der Waals surface area (Å²) in [6, 6.07) is 47.7. The number of pyridine rings is 1. The van der Waals surface area contributed by atoms with Crippen molar-refractivity contribution in [2.75, 3.05) is 16.5 Å². The fraction of sp³-hybridized carbons (Fsp3) is 0.368. The molecule has 0 spiro atoms. The van der Waals surface area contributed by atoms with Gasteiger partial charge in [0.15, 0.2) is 0 Å². The Balaban J connectivity index is 1.17. The summed E-state index contributed by atoms with van der Waals surface area (Å²) in [5, 5.41) is 2.33. The molecule has 5 nitrogen and oxygen atoms in total. The molecule has 378 valence electrons. The molecule has 2 aromatic heterocycles. The topological polar surface area (TPSA) is 33.5 Å². The lowest BCUT2D eigenvalue weighted by atomic mass is 9.78. The zero-order valence-corrected chi connectivity index (χ0v) is 47.0. The summed E-state index contributed by atoms with van der Waals surface area (Å²) < 4.78 is 9.45. The van der Waals surface area contributed by atoms with Gasteiger partial charge in [0.2, 0.25) is 0 Å². The molecule has 8 aromatic rings. The van der Waals surface area contributed by atoms with Crippen molar-refractivity contribution in [1.82, 2.24) is 9.55 Å². The van der Waals surface area contributed by atoms with Crippen LogP contribution < -0.4 is 14.5 Å². The highest BCUT2D eigenvalue weighted by Gasteiger charge is 2.28. The van der Waals surface area contributed by atoms with Crippen LogP contribution in [0.5, 0.6) is 11.5 Å². The second-order valence-electron chi connectivity index (χ2n) is 25.4. The van der Waals surface area contributed by atoms with E-state index in [4.69, 9.17) is 9.72 Å². The Morgan fingerprint density at radius 1 is 0.466 bits per heavy atom. The van der Waals surface area contributed by atoms with Gasteiger partial charge in [0.1, 0.15) is 17.3 Å². The average molecular weight is 969 g/mol. The Hall–Kier alpha value is -6.59. The van der Waals surface area contributed by atoms with E-state index >= 15 is 0 Å². The molecule has 1 aliphatic rings. The second kappa shape index (κ2) is 19.0. The van der Waals surface area contributed by atoms with Crippen LogP contribution in [-0.4, -0.2) is 16.2 Å². The first-order chi connectivity index (χ1) is 34.3. The molecule has 9 rings (SSSR count). The van der Waals surface area contributed by atoms with Crippen LogP contribution >= 0.6 is 0 Å². The third kappa shape index (κ3) is 10.2. The number of fused-ring (bicyclic) bond motifs is 3. The average Bonchev–Trinajstić information content (AvgIpc) is 3.96. The van der Waals surface area contributed by atoms with E-state index in [9.17, 15) is 0 Å². The van der Waals surface area contributed by atoms with E-state index < -0.39 is 0 Å². The van der Waals surface area contributed by atoms with Gasteiger partial charge in [-0.25, -0.2) is 4.98 Å². The van der Waals surface area contributed by atoms with Crippen molar-refractivity contribution in [3.8, 4) is 28.4 Å². The Morgan fingerprint density at radius 2 is 1.00 bits per heavy atom. The minimum Gasteiger partial charge on any atom is -0.457 e. The standard InChI is InChI=1S/C68H80N4O/c1-43(2)47-31-59(44(3)4)64(60(32-47)45(5)6)46-27-28-69-63(33-46)72-61-39-49(68(16,17)48-21-19-18-20-22-48)23-25-57(61)58-26-24-55(41-62(58)72)73-56-38-52(67(13,14)15)37-54(40-56)71-30-29-70(42-71)53-35-50(65(7,8)9)34-51(36-53)66(10,11)12/h18-41,43-45H,42H2,1-17H3. The third-order valence-electron chi connectivity index (χ3n) is 15.4. The van der Waals surface area contributed by atoms with Crippen LogP contribution in [0.3, 0.4) is 0 Å². The third-order valence-corrected chi connectivity index (χ3v) is 15.4. The quantitative estimate of drug-likeness (QED) is 0.129. The van der Waals surface area contributed by atoms with Crippen LogP contribution in [0, 0.1) is 0 Å². The molecule has 0 bridgehead atoms. The molecular weight excluding hydrogens is 889 g/mol. The van der Waals surface area contributed by atoms with E-state index in [2.05, 4.69) is 272 Å². The first-order valence-electron chi connectivity index (χ1n) is 26.8. The molecule has 0 amide bonds. The molecule has 5 heteroatoms. The summed E-state index contributed by atoms with van der Waals surface area (Å²) in [7, 11) is 0. The predicted octanol–water partition coefficient (Wildman–Crippen LogP) is 19.0. The molecule has 3 heterocycles. The molecule has 0 unspecified atom stereocenters. The van der Waals surface area contributed by atoms with Gasteiger partial charge in [-0.15, -0.1) is 0 Å². The zero-order valence-electron chi connectivity index (χ0n) is 47.0. The molecule has 6 aromatic carbocycles. The Labute approximate surface area is 438 Å². The Bertz CT molecular complexity index is 3300. The van der Waals surface area contributed by atoms with E-state index in [1.54, 1.807) is 0 Å². The lowest BCUT2D eigenvalue weighted by Gasteiger charge is -2.29. The summed E-state index contributed by atoms with van der Waals surface area (Å²) in [6.45, 7) is 39.9. The summed E-state index contributed by atoms with van der Waals surface area (Å²) in [4.78, 5) is 9.93. The summed E-state index contributed by atoms with van der Waals surface area (Å²) in [5.74, 6) is 3.60. The van der Waals surface area contributed by atoms with E-state index in [1.807, 2.05) is 6.20 Å². The number of anilines is 2. The molecule has 0 fully saturated rings. The molecule has 0 saturated heterocycles. The maximum atomic E-state index is 7.07. The highest BCUT2D eigenvalue weighted by atomic mass is 16.5. The maximum Gasteiger partial charge on any atom is 0.138 e. The number of aromatic nitrogens is 2. The van der Waals surface area contributed by atoms with Gasteiger partial charge in [-0.05, 0) is 144 Å². The lowest BCUT2D eigenvalue weighted by molar-refractivity contribution is 0.479. The molecule has 0 N–H and O–H groups in total. The van der Waals surface area contributed by atoms with Crippen LogP contribution in [0.15, 0.2) is 146 Å². The summed E-state index contributed by atoms with van der Waals surface area (Å²) in [5.41, 5.74) is 17.3. The van der Waals surface area contributed by atoms with Crippen LogP contribution in [0.1, 0.15) is 180 Å². The first-order valence-corrected chi connectivity index (χ1v) is 26.8.